The molecule has 0 aromatic carbocycles. The molecule has 0 radical (unpaired) electrons. The van der Waals surface area contributed by atoms with Gasteiger partial charge in [0.05, 0.1) is 6.10 Å². The maximum absolute atomic E-state index is 9.52. The lowest BCUT2D eigenvalue weighted by atomic mass is 10.1. The fraction of sp³-hybridized carbons (Fsp3) is 0.800. The van der Waals surface area contributed by atoms with E-state index in [0.717, 1.165) is 25.7 Å². The second kappa shape index (κ2) is 4.63. The quantitative estimate of drug-likeness (QED) is 0.624. The summed E-state index contributed by atoms with van der Waals surface area (Å²) >= 11 is 0. The van der Waals surface area contributed by atoms with Gasteiger partial charge < -0.3 is 10.4 Å². The Bertz CT molecular complexity index is 147. The third-order valence-corrected chi connectivity index (χ3v) is 2.50. The zero-order valence-electron chi connectivity index (χ0n) is 7.79. The highest BCUT2D eigenvalue weighted by Gasteiger charge is 2.25. The lowest BCUT2D eigenvalue weighted by Crippen LogP contribution is -2.40. The van der Waals surface area contributed by atoms with Crippen molar-refractivity contribution in [2.45, 2.75) is 50.8 Å². The van der Waals surface area contributed by atoms with Crippen molar-refractivity contribution in [3.63, 3.8) is 0 Å². The Labute approximate surface area is 74.7 Å². The average molecular weight is 169 g/mol. The van der Waals surface area contributed by atoms with Gasteiger partial charge in [0.1, 0.15) is 0 Å². The van der Waals surface area contributed by atoms with E-state index in [4.69, 9.17) is 0 Å². The molecule has 0 spiro atoms. The third-order valence-electron chi connectivity index (χ3n) is 2.50. The van der Waals surface area contributed by atoms with Crippen molar-refractivity contribution >= 4 is 0 Å². The molecule has 1 aliphatic rings. The summed E-state index contributed by atoms with van der Waals surface area (Å²) in [6.07, 6.45) is 5.99. The summed E-state index contributed by atoms with van der Waals surface area (Å²) in [5.41, 5.74) is 0. The first kappa shape index (κ1) is 9.75. The molecule has 0 aromatic rings. The number of hydrogen-bond acceptors (Lipinski definition) is 2. The molecule has 0 heterocycles. The van der Waals surface area contributed by atoms with E-state index in [1.54, 1.807) is 0 Å². The minimum absolute atomic E-state index is 0.128. The molecule has 1 saturated carbocycles. The third kappa shape index (κ3) is 2.61. The number of aliphatic hydroxyl groups excluding tert-OH is 1. The van der Waals surface area contributed by atoms with Gasteiger partial charge in [-0.25, -0.2) is 0 Å². The number of rotatable bonds is 4. The van der Waals surface area contributed by atoms with E-state index >= 15 is 0 Å². The van der Waals surface area contributed by atoms with Crippen molar-refractivity contribution in [3.8, 4) is 0 Å². The van der Waals surface area contributed by atoms with E-state index in [9.17, 15) is 5.11 Å². The van der Waals surface area contributed by atoms with E-state index in [1.807, 2.05) is 6.08 Å². The molecule has 12 heavy (non-hydrogen) atoms. The molecule has 1 fully saturated rings. The van der Waals surface area contributed by atoms with Crippen LogP contribution < -0.4 is 5.32 Å². The van der Waals surface area contributed by atoms with Gasteiger partial charge in [-0.15, -0.1) is 6.58 Å². The van der Waals surface area contributed by atoms with E-state index in [2.05, 4.69) is 18.8 Å². The van der Waals surface area contributed by atoms with Gasteiger partial charge in [0.2, 0.25) is 0 Å². The summed E-state index contributed by atoms with van der Waals surface area (Å²) in [6, 6.07) is 0.764. The molecule has 0 bridgehead atoms. The van der Waals surface area contributed by atoms with Crippen LogP contribution in [0, 0.1) is 0 Å². The zero-order chi connectivity index (χ0) is 8.97. The predicted octanol–water partition coefficient (Wildman–Crippen LogP) is 1.45. The first-order valence-electron chi connectivity index (χ1n) is 4.79. The van der Waals surface area contributed by atoms with Crippen LogP contribution in [0.3, 0.4) is 0 Å². The standard InChI is InChI=1S/C10H19NO/c1-3-5-8(2)11-9-6-4-7-10(9)12/h3,8-12H,1,4-7H2,2H3/t8?,9-,10-/m0/s1. The molecule has 3 atom stereocenters. The fourth-order valence-electron chi connectivity index (χ4n) is 1.82. The van der Waals surface area contributed by atoms with Crippen LogP contribution in [0.2, 0.25) is 0 Å². The second-order valence-corrected chi connectivity index (χ2v) is 3.70. The summed E-state index contributed by atoms with van der Waals surface area (Å²) in [5, 5.41) is 12.9. The Morgan fingerprint density at radius 1 is 1.67 bits per heavy atom. The van der Waals surface area contributed by atoms with Crippen LogP contribution in [-0.2, 0) is 0 Å². The van der Waals surface area contributed by atoms with Crippen molar-refractivity contribution in [1.82, 2.24) is 5.32 Å². The van der Waals surface area contributed by atoms with Crippen LogP contribution >= 0.6 is 0 Å². The van der Waals surface area contributed by atoms with Crippen LogP contribution in [0.5, 0.6) is 0 Å². The minimum Gasteiger partial charge on any atom is -0.392 e. The molecule has 2 N–H and O–H groups in total. The maximum atomic E-state index is 9.52. The molecule has 0 aromatic heterocycles. The average Bonchev–Trinajstić information content (AvgIpc) is 2.37. The molecular weight excluding hydrogens is 150 g/mol. The Balaban J connectivity index is 2.24. The van der Waals surface area contributed by atoms with Crippen LogP contribution in [0.4, 0.5) is 0 Å². The van der Waals surface area contributed by atoms with Crippen LogP contribution in [0.15, 0.2) is 12.7 Å². The van der Waals surface area contributed by atoms with Gasteiger partial charge in [-0.05, 0) is 32.6 Å². The van der Waals surface area contributed by atoms with Crippen LogP contribution in [0.25, 0.3) is 0 Å². The minimum atomic E-state index is -0.128. The number of nitrogens with one attached hydrogen (secondary N) is 1. The lowest BCUT2D eigenvalue weighted by Gasteiger charge is -2.20. The van der Waals surface area contributed by atoms with Crippen molar-refractivity contribution < 1.29 is 5.11 Å². The van der Waals surface area contributed by atoms with Crippen molar-refractivity contribution in [1.29, 1.82) is 0 Å². The first-order chi connectivity index (χ1) is 5.74. The normalized spacial score (nSPS) is 31.8. The molecule has 0 aliphatic heterocycles. The van der Waals surface area contributed by atoms with Crippen molar-refractivity contribution in [3.05, 3.63) is 12.7 Å². The van der Waals surface area contributed by atoms with Gasteiger partial charge in [0.25, 0.3) is 0 Å². The summed E-state index contributed by atoms with van der Waals surface area (Å²) in [7, 11) is 0. The Kier molecular flexibility index (Phi) is 3.76. The highest BCUT2D eigenvalue weighted by atomic mass is 16.3. The summed E-state index contributed by atoms with van der Waals surface area (Å²) < 4.78 is 0. The molecule has 1 rings (SSSR count). The summed E-state index contributed by atoms with van der Waals surface area (Å²) in [4.78, 5) is 0. The summed E-state index contributed by atoms with van der Waals surface area (Å²) in [5.74, 6) is 0. The van der Waals surface area contributed by atoms with Gasteiger partial charge in [0, 0.05) is 12.1 Å². The largest absolute Gasteiger partial charge is 0.392 e. The number of aliphatic hydroxyl groups is 1. The Morgan fingerprint density at radius 2 is 2.42 bits per heavy atom. The molecule has 0 amide bonds. The molecule has 1 aliphatic carbocycles. The topological polar surface area (TPSA) is 32.3 Å². The van der Waals surface area contributed by atoms with Crippen molar-refractivity contribution in [2.24, 2.45) is 0 Å². The molecule has 0 saturated heterocycles. The highest BCUT2D eigenvalue weighted by molar-refractivity contribution is 4.86. The monoisotopic (exact) mass is 169 g/mol. The van der Waals surface area contributed by atoms with Gasteiger partial charge in [0.15, 0.2) is 0 Å². The van der Waals surface area contributed by atoms with Gasteiger partial charge in [-0.1, -0.05) is 6.08 Å². The van der Waals surface area contributed by atoms with E-state index < -0.39 is 0 Å². The number of hydrogen-bond donors (Lipinski definition) is 2. The molecule has 70 valence electrons. The SMILES string of the molecule is C=CCC(C)N[C@H]1CCC[C@@H]1O. The zero-order valence-corrected chi connectivity index (χ0v) is 7.79. The fourth-order valence-corrected chi connectivity index (χ4v) is 1.82. The lowest BCUT2D eigenvalue weighted by molar-refractivity contribution is 0.144. The van der Waals surface area contributed by atoms with Crippen LogP contribution in [-0.4, -0.2) is 23.3 Å². The van der Waals surface area contributed by atoms with Gasteiger partial charge >= 0.3 is 0 Å². The van der Waals surface area contributed by atoms with Crippen LogP contribution in [0.1, 0.15) is 32.6 Å². The van der Waals surface area contributed by atoms with Crippen molar-refractivity contribution in [2.75, 3.05) is 0 Å². The molecular formula is C10H19NO. The highest BCUT2D eigenvalue weighted by Crippen LogP contribution is 2.19. The first-order valence-corrected chi connectivity index (χ1v) is 4.79. The molecule has 2 nitrogen and oxygen atoms in total. The van der Waals surface area contributed by atoms with E-state index in [1.165, 1.54) is 0 Å². The summed E-state index contributed by atoms with van der Waals surface area (Å²) in [6.45, 7) is 5.82. The smallest absolute Gasteiger partial charge is 0.0693 e. The Hall–Kier alpha value is -0.340. The Morgan fingerprint density at radius 3 is 2.92 bits per heavy atom. The second-order valence-electron chi connectivity index (χ2n) is 3.70. The van der Waals surface area contributed by atoms with Gasteiger partial charge in [-0.3, -0.25) is 0 Å². The maximum Gasteiger partial charge on any atom is 0.0693 e. The predicted molar refractivity (Wildman–Crippen MR) is 51.1 cm³/mol. The molecule has 2 heteroatoms. The molecule has 1 unspecified atom stereocenters. The van der Waals surface area contributed by atoms with E-state index in [0.29, 0.717) is 12.1 Å². The van der Waals surface area contributed by atoms with E-state index in [-0.39, 0.29) is 6.10 Å². The van der Waals surface area contributed by atoms with Gasteiger partial charge in [-0.2, -0.15) is 0 Å².